The molecule has 2 N–H and O–H groups in total. The molecule has 0 bridgehead atoms. The first-order valence-electron chi connectivity index (χ1n) is 11.6. The molecule has 0 radical (unpaired) electrons. The average Bonchev–Trinajstić information content (AvgIpc) is 2.82. The van der Waals surface area contributed by atoms with Gasteiger partial charge in [0.2, 0.25) is 5.95 Å². The van der Waals surface area contributed by atoms with Crippen molar-refractivity contribution in [1.82, 2.24) is 19.9 Å². The molecule has 1 aromatic heterocycles. The molecule has 6 heteroatoms. The van der Waals surface area contributed by atoms with E-state index >= 15 is 0 Å². The van der Waals surface area contributed by atoms with Crippen molar-refractivity contribution in [2.24, 2.45) is 0 Å². The standard InChI is InChI=1S/C25H32N6/c26-24-22-11-5-6-12-23(22)27-25(28-24)31(30-15-7-2-8-16-30)21-13-17-29(18-14-21)19-20-9-3-1-4-10-20/h1,3-6,9-12,21H,2,7-8,13-19H2,(H2,26,27,28). The summed E-state index contributed by atoms with van der Waals surface area (Å²) in [7, 11) is 0. The van der Waals surface area contributed by atoms with Crippen LogP contribution in [0.1, 0.15) is 37.7 Å². The van der Waals surface area contributed by atoms with Crippen LogP contribution < -0.4 is 10.7 Å². The molecule has 0 atom stereocenters. The van der Waals surface area contributed by atoms with E-state index in [4.69, 9.17) is 15.7 Å². The molecule has 31 heavy (non-hydrogen) atoms. The summed E-state index contributed by atoms with van der Waals surface area (Å²) in [6.07, 6.45) is 5.98. The Kier molecular flexibility index (Phi) is 6.00. The number of benzene rings is 2. The van der Waals surface area contributed by atoms with Gasteiger partial charge in [-0.05, 0) is 43.4 Å². The van der Waals surface area contributed by atoms with Crippen LogP contribution in [0.4, 0.5) is 11.8 Å². The lowest BCUT2D eigenvalue weighted by atomic mass is 10.0. The summed E-state index contributed by atoms with van der Waals surface area (Å²) in [5.41, 5.74) is 8.67. The van der Waals surface area contributed by atoms with Crippen LogP contribution in [0.15, 0.2) is 54.6 Å². The van der Waals surface area contributed by atoms with Crippen LogP contribution in [0.3, 0.4) is 0 Å². The molecule has 3 aromatic rings. The van der Waals surface area contributed by atoms with Gasteiger partial charge in [-0.1, -0.05) is 48.9 Å². The maximum absolute atomic E-state index is 6.36. The fraction of sp³-hybridized carbons (Fsp3) is 0.440. The molecule has 2 aromatic carbocycles. The van der Waals surface area contributed by atoms with Gasteiger partial charge in [-0.15, -0.1) is 0 Å². The summed E-state index contributed by atoms with van der Waals surface area (Å²) in [6, 6.07) is 19.2. The van der Waals surface area contributed by atoms with E-state index in [1.54, 1.807) is 0 Å². The van der Waals surface area contributed by atoms with Gasteiger partial charge in [0.05, 0.1) is 11.6 Å². The van der Waals surface area contributed by atoms with E-state index in [0.29, 0.717) is 11.9 Å². The van der Waals surface area contributed by atoms with Crippen molar-refractivity contribution in [3.63, 3.8) is 0 Å². The van der Waals surface area contributed by atoms with E-state index in [1.165, 1.54) is 24.8 Å². The molecule has 0 aliphatic carbocycles. The van der Waals surface area contributed by atoms with E-state index in [2.05, 4.69) is 45.2 Å². The number of hydrogen-bond donors (Lipinski definition) is 1. The molecule has 0 unspecified atom stereocenters. The number of nitrogen functional groups attached to an aromatic ring is 1. The molecule has 6 nitrogen and oxygen atoms in total. The van der Waals surface area contributed by atoms with Crippen LogP contribution in [0.5, 0.6) is 0 Å². The predicted molar refractivity (Wildman–Crippen MR) is 127 cm³/mol. The molecule has 162 valence electrons. The Bertz CT molecular complexity index is 993. The van der Waals surface area contributed by atoms with Gasteiger partial charge in [0.15, 0.2) is 0 Å². The minimum absolute atomic E-state index is 0.408. The van der Waals surface area contributed by atoms with E-state index in [9.17, 15) is 0 Å². The summed E-state index contributed by atoms with van der Waals surface area (Å²) in [5, 5.41) is 5.80. The van der Waals surface area contributed by atoms with Gasteiger partial charge in [0.1, 0.15) is 5.82 Å². The number of rotatable bonds is 5. The second-order valence-corrected chi connectivity index (χ2v) is 8.78. The van der Waals surface area contributed by atoms with Crippen molar-refractivity contribution < 1.29 is 0 Å². The van der Waals surface area contributed by atoms with Crippen LogP contribution in [0.2, 0.25) is 0 Å². The second kappa shape index (κ2) is 9.20. The van der Waals surface area contributed by atoms with Crippen LogP contribution in [0.25, 0.3) is 10.9 Å². The lowest BCUT2D eigenvalue weighted by molar-refractivity contribution is 0.136. The smallest absolute Gasteiger partial charge is 0.243 e. The summed E-state index contributed by atoms with van der Waals surface area (Å²) < 4.78 is 0. The molecule has 5 rings (SSSR count). The van der Waals surface area contributed by atoms with E-state index in [-0.39, 0.29) is 0 Å². The van der Waals surface area contributed by atoms with Crippen molar-refractivity contribution in [2.45, 2.75) is 44.7 Å². The summed E-state index contributed by atoms with van der Waals surface area (Å²) in [5.74, 6) is 1.34. The predicted octanol–water partition coefficient (Wildman–Crippen LogP) is 4.08. The second-order valence-electron chi connectivity index (χ2n) is 8.78. The van der Waals surface area contributed by atoms with Gasteiger partial charge in [-0.3, -0.25) is 9.91 Å². The number of anilines is 2. The molecule has 0 amide bonds. The zero-order valence-corrected chi connectivity index (χ0v) is 18.2. The Balaban J connectivity index is 1.37. The number of nitrogens with zero attached hydrogens (tertiary/aromatic N) is 5. The zero-order valence-electron chi connectivity index (χ0n) is 18.2. The third kappa shape index (κ3) is 4.50. The van der Waals surface area contributed by atoms with E-state index in [1.807, 2.05) is 24.3 Å². The van der Waals surface area contributed by atoms with Crippen LogP contribution in [0, 0.1) is 0 Å². The van der Waals surface area contributed by atoms with Gasteiger partial charge in [-0.25, -0.2) is 9.99 Å². The third-order valence-electron chi connectivity index (χ3n) is 6.61. The number of fused-ring (bicyclic) bond motifs is 1. The topological polar surface area (TPSA) is 61.5 Å². The van der Waals surface area contributed by atoms with Crippen molar-refractivity contribution in [2.75, 3.05) is 36.9 Å². The number of likely N-dealkylation sites (tertiary alicyclic amines) is 1. The zero-order chi connectivity index (χ0) is 21.0. The molecule has 2 aliphatic rings. The first-order valence-corrected chi connectivity index (χ1v) is 11.6. The minimum atomic E-state index is 0.408. The highest BCUT2D eigenvalue weighted by Crippen LogP contribution is 2.29. The summed E-state index contributed by atoms with van der Waals surface area (Å²) in [6.45, 7) is 5.34. The highest BCUT2D eigenvalue weighted by molar-refractivity contribution is 5.88. The summed E-state index contributed by atoms with van der Waals surface area (Å²) in [4.78, 5) is 12.3. The average molecular weight is 417 g/mol. The van der Waals surface area contributed by atoms with Gasteiger partial charge in [0, 0.05) is 38.1 Å². The number of hydrazine groups is 1. The molecular formula is C25H32N6. The van der Waals surface area contributed by atoms with E-state index in [0.717, 1.165) is 62.4 Å². The normalized spacial score (nSPS) is 19.0. The van der Waals surface area contributed by atoms with Crippen LogP contribution >= 0.6 is 0 Å². The fourth-order valence-corrected chi connectivity index (χ4v) is 4.97. The van der Waals surface area contributed by atoms with Crippen molar-refractivity contribution >= 4 is 22.7 Å². The first kappa shape index (κ1) is 20.2. The molecule has 3 heterocycles. The number of hydrogen-bond acceptors (Lipinski definition) is 6. The molecule has 2 fully saturated rings. The minimum Gasteiger partial charge on any atom is -0.383 e. The quantitative estimate of drug-likeness (QED) is 0.676. The molecule has 0 saturated carbocycles. The maximum atomic E-state index is 6.36. The Morgan fingerprint density at radius 1 is 0.839 bits per heavy atom. The Morgan fingerprint density at radius 3 is 2.32 bits per heavy atom. The number of nitrogens with two attached hydrogens (primary N) is 1. The summed E-state index contributed by atoms with van der Waals surface area (Å²) >= 11 is 0. The highest BCUT2D eigenvalue weighted by atomic mass is 15.7. The lowest BCUT2D eigenvalue weighted by Gasteiger charge is -2.45. The Morgan fingerprint density at radius 2 is 1.55 bits per heavy atom. The van der Waals surface area contributed by atoms with Gasteiger partial charge in [-0.2, -0.15) is 4.98 Å². The number of para-hydroxylation sites is 1. The Hall–Kier alpha value is -2.70. The molecule has 2 saturated heterocycles. The lowest BCUT2D eigenvalue weighted by Crippen LogP contribution is -2.55. The SMILES string of the molecule is Nc1nc(N(C2CCN(Cc3ccccc3)CC2)N2CCCCC2)nc2ccccc12. The van der Waals surface area contributed by atoms with Gasteiger partial charge >= 0.3 is 0 Å². The monoisotopic (exact) mass is 416 g/mol. The van der Waals surface area contributed by atoms with Crippen molar-refractivity contribution in [1.29, 1.82) is 0 Å². The van der Waals surface area contributed by atoms with Gasteiger partial charge < -0.3 is 5.73 Å². The molecular weight excluding hydrogens is 384 g/mol. The number of aromatic nitrogens is 2. The van der Waals surface area contributed by atoms with E-state index < -0.39 is 0 Å². The third-order valence-corrected chi connectivity index (χ3v) is 6.61. The largest absolute Gasteiger partial charge is 0.383 e. The maximum Gasteiger partial charge on any atom is 0.243 e. The van der Waals surface area contributed by atoms with Crippen molar-refractivity contribution in [3.05, 3.63) is 60.2 Å². The van der Waals surface area contributed by atoms with Crippen LogP contribution in [-0.4, -0.2) is 52.1 Å². The highest BCUT2D eigenvalue weighted by Gasteiger charge is 2.31. The van der Waals surface area contributed by atoms with Gasteiger partial charge in [0.25, 0.3) is 0 Å². The van der Waals surface area contributed by atoms with Crippen molar-refractivity contribution in [3.8, 4) is 0 Å². The number of piperidine rings is 2. The molecule has 0 spiro atoms. The Labute approximate surface area is 184 Å². The molecule has 2 aliphatic heterocycles. The fourth-order valence-electron chi connectivity index (χ4n) is 4.97. The first-order chi connectivity index (χ1) is 15.3. The van der Waals surface area contributed by atoms with Crippen LogP contribution in [-0.2, 0) is 6.54 Å².